The summed E-state index contributed by atoms with van der Waals surface area (Å²) in [6.07, 6.45) is 3.46. The van der Waals surface area contributed by atoms with E-state index >= 15 is 0 Å². The quantitative estimate of drug-likeness (QED) is 0.394. The number of aliphatic imine (C=N–C) groups is 1. The van der Waals surface area contributed by atoms with Crippen molar-refractivity contribution in [1.29, 1.82) is 0 Å². The summed E-state index contributed by atoms with van der Waals surface area (Å²) < 4.78 is 49.0. The molecule has 2 aliphatic rings. The SMILES string of the molecule is CN=C(NCc1c(F)cccc1OC(F)F)NC1CC2CCC1O2.I. The average Bonchev–Trinajstić information content (AvgIpc) is 3.15. The molecule has 9 heteroatoms. The van der Waals surface area contributed by atoms with E-state index in [9.17, 15) is 13.2 Å². The Kier molecular flexibility index (Phi) is 7.17. The van der Waals surface area contributed by atoms with Gasteiger partial charge in [0, 0.05) is 19.2 Å². The Morgan fingerprint density at radius 1 is 1.40 bits per heavy atom. The predicted molar refractivity (Wildman–Crippen MR) is 98.1 cm³/mol. The van der Waals surface area contributed by atoms with Crippen molar-refractivity contribution in [1.82, 2.24) is 10.6 Å². The first kappa shape index (κ1) is 20.1. The number of nitrogens with zero attached hydrogens (tertiary/aromatic N) is 1. The molecule has 2 bridgehead atoms. The second-order valence-corrected chi connectivity index (χ2v) is 5.88. The standard InChI is InChI=1S/C16H20F3N3O2.HI/c1-20-16(22-12-7-9-5-6-14(12)23-9)21-8-10-11(17)3-2-4-13(10)24-15(18)19;/h2-4,9,12,14-15H,5-8H2,1H3,(H2,20,21,22);1H. The van der Waals surface area contributed by atoms with Crippen LogP contribution in [-0.2, 0) is 11.3 Å². The summed E-state index contributed by atoms with van der Waals surface area (Å²) in [4.78, 5) is 4.10. The highest BCUT2D eigenvalue weighted by Crippen LogP contribution is 2.34. The van der Waals surface area contributed by atoms with Crippen molar-refractivity contribution in [3.63, 3.8) is 0 Å². The Balaban J connectivity index is 0.00000225. The third kappa shape index (κ3) is 4.90. The van der Waals surface area contributed by atoms with Gasteiger partial charge in [0.15, 0.2) is 5.96 Å². The summed E-state index contributed by atoms with van der Waals surface area (Å²) in [5.41, 5.74) is 0.0324. The zero-order valence-electron chi connectivity index (χ0n) is 13.7. The molecule has 2 aliphatic heterocycles. The molecule has 5 nitrogen and oxygen atoms in total. The van der Waals surface area contributed by atoms with E-state index in [1.807, 2.05) is 0 Å². The normalized spacial score (nSPS) is 25.0. The van der Waals surface area contributed by atoms with Gasteiger partial charge in [0.05, 0.1) is 18.2 Å². The van der Waals surface area contributed by atoms with Gasteiger partial charge in [0.25, 0.3) is 0 Å². The molecule has 0 radical (unpaired) electrons. The minimum Gasteiger partial charge on any atom is -0.434 e. The number of nitrogens with one attached hydrogen (secondary N) is 2. The number of benzene rings is 1. The lowest BCUT2D eigenvalue weighted by Gasteiger charge is -2.23. The zero-order chi connectivity index (χ0) is 17.1. The lowest BCUT2D eigenvalue weighted by molar-refractivity contribution is -0.0506. The molecule has 25 heavy (non-hydrogen) atoms. The molecule has 0 saturated carbocycles. The zero-order valence-corrected chi connectivity index (χ0v) is 16.0. The molecule has 0 amide bonds. The van der Waals surface area contributed by atoms with Crippen LogP contribution in [0.1, 0.15) is 24.8 Å². The van der Waals surface area contributed by atoms with Crippen LogP contribution in [0.25, 0.3) is 0 Å². The van der Waals surface area contributed by atoms with Gasteiger partial charge in [-0.1, -0.05) is 6.07 Å². The molecule has 2 heterocycles. The van der Waals surface area contributed by atoms with Crippen molar-refractivity contribution in [3.8, 4) is 5.75 Å². The van der Waals surface area contributed by atoms with Crippen LogP contribution in [0.3, 0.4) is 0 Å². The fourth-order valence-corrected chi connectivity index (χ4v) is 3.25. The van der Waals surface area contributed by atoms with E-state index in [0.717, 1.165) is 19.3 Å². The molecular formula is C16H21F3IN3O2. The highest BCUT2D eigenvalue weighted by atomic mass is 127. The van der Waals surface area contributed by atoms with Gasteiger partial charge in [0.1, 0.15) is 11.6 Å². The van der Waals surface area contributed by atoms with Crippen molar-refractivity contribution < 1.29 is 22.6 Å². The first-order valence-corrected chi connectivity index (χ1v) is 7.91. The van der Waals surface area contributed by atoms with Crippen LogP contribution >= 0.6 is 24.0 Å². The second-order valence-electron chi connectivity index (χ2n) is 5.88. The molecule has 3 rings (SSSR count). The lowest BCUT2D eigenvalue weighted by atomic mass is 9.96. The van der Waals surface area contributed by atoms with Gasteiger partial charge < -0.3 is 20.1 Å². The van der Waals surface area contributed by atoms with Crippen molar-refractivity contribution in [2.24, 2.45) is 4.99 Å². The number of hydrogen-bond acceptors (Lipinski definition) is 3. The Hall–Kier alpha value is -1.23. The fourth-order valence-electron chi connectivity index (χ4n) is 3.25. The van der Waals surface area contributed by atoms with Crippen molar-refractivity contribution in [2.75, 3.05) is 7.05 Å². The van der Waals surface area contributed by atoms with Crippen LogP contribution in [0.4, 0.5) is 13.2 Å². The number of halogens is 4. The molecule has 2 N–H and O–H groups in total. The summed E-state index contributed by atoms with van der Waals surface area (Å²) in [6.45, 7) is -3.02. The third-order valence-corrected chi connectivity index (χ3v) is 4.38. The van der Waals surface area contributed by atoms with E-state index < -0.39 is 12.4 Å². The summed E-state index contributed by atoms with van der Waals surface area (Å²) >= 11 is 0. The van der Waals surface area contributed by atoms with Gasteiger partial charge >= 0.3 is 6.61 Å². The molecule has 140 valence electrons. The Labute approximate surface area is 161 Å². The minimum atomic E-state index is -3.01. The van der Waals surface area contributed by atoms with Crippen molar-refractivity contribution in [3.05, 3.63) is 29.6 Å². The summed E-state index contributed by atoms with van der Waals surface area (Å²) in [5, 5.41) is 6.19. The summed E-state index contributed by atoms with van der Waals surface area (Å²) in [5.74, 6) is -0.321. The van der Waals surface area contributed by atoms with Gasteiger partial charge in [-0.15, -0.1) is 24.0 Å². The van der Waals surface area contributed by atoms with Crippen LogP contribution in [0, 0.1) is 5.82 Å². The van der Waals surface area contributed by atoms with E-state index in [0.29, 0.717) is 12.1 Å². The first-order valence-electron chi connectivity index (χ1n) is 7.91. The van der Waals surface area contributed by atoms with E-state index in [1.54, 1.807) is 7.05 Å². The van der Waals surface area contributed by atoms with Crippen molar-refractivity contribution >= 4 is 29.9 Å². The highest BCUT2D eigenvalue weighted by Gasteiger charge is 2.41. The fraction of sp³-hybridized carbons (Fsp3) is 0.562. The van der Waals surface area contributed by atoms with Crippen LogP contribution in [0.2, 0.25) is 0 Å². The third-order valence-electron chi connectivity index (χ3n) is 4.38. The number of hydrogen-bond donors (Lipinski definition) is 2. The number of alkyl halides is 2. The molecule has 0 aromatic heterocycles. The molecule has 2 saturated heterocycles. The summed E-state index contributed by atoms with van der Waals surface area (Å²) in [7, 11) is 1.60. The highest BCUT2D eigenvalue weighted by molar-refractivity contribution is 14.0. The van der Waals surface area contributed by atoms with Crippen molar-refractivity contribution in [2.45, 2.75) is 50.7 Å². The monoisotopic (exact) mass is 471 g/mol. The van der Waals surface area contributed by atoms with Gasteiger partial charge in [-0.2, -0.15) is 8.78 Å². The average molecular weight is 471 g/mol. The minimum absolute atomic E-state index is 0. The van der Waals surface area contributed by atoms with Gasteiger partial charge in [-0.3, -0.25) is 4.99 Å². The van der Waals surface area contributed by atoms with Gasteiger partial charge in [-0.05, 0) is 31.4 Å². The van der Waals surface area contributed by atoms with Crippen LogP contribution < -0.4 is 15.4 Å². The maximum absolute atomic E-state index is 13.9. The molecule has 0 aliphatic carbocycles. The van der Waals surface area contributed by atoms with Gasteiger partial charge in [-0.25, -0.2) is 4.39 Å². The maximum atomic E-state index is 13.9. The van der Waals surface area contributed by atoms with E-state index in [2.05, 4.69) is 20.4 Å². The first-order chi connectivity index (χ1) is 11.6. The molecular weight excluding hydrogens is 450 g/mol. The maximum Gasteiger partial charge on any atom is 0.387 e. The lowest BCUT2D eigenvalue weighted by Crippen LogP contribution is -2.47. The largest absolute Gasteiger partial charge is 0.434 e. The Morgan fingerprint density at radius 3 is 2.80 bits per heavy atom. The number of fused-ring (bicyclic) bond motifs is 2. The van der Waals surface area contributed by atoms with E-state index in [4.69, 9.17) is 4.74 Å². The van der Waals surface area contributed by atoms with Crippen LogP contribution in [0.15, 0.2) is 23.2 Å². The number of rotatable bonds is 5. The van der Waals surface area contributed by atoms with Gasteiger partial charge in [0.2, 0.25) is 0 Å². The predicted octanol–water partition coefficient (Wildman–Crippen LogP) is 3.03. The molecule has 1 aromatic rings. The molecule has 3 atom stereocenters. The topological polar surface area (TPSA) is 54.9 Å². The van der Waals surface area contributed by atoms with E-state index in [1.165, 1.54) is 18.2 Å². The molecule has 3 unspecified atom stereocenters. The molecule has 0 spiro atoms. The van der Waals surface area contributed by atoms with Crippen LogP contribution in [0.5, 0.6) is 5.75 Å². The van der Waals surface area contributed by atoms with E-state index in [-0.39, 0.29) is 54.0 Å². The number of ether oxygens (including phenoxy) is 2. The molecule has 1 aromatic carbocycles. The number of guanidine groups is 1. The molecule has 2 fully saturated rings. The second kappa shape index (κ2) is 8.93. The smallest absolute Gasteiger partial charge is 0.387 e. The Bertz CT molecular complexity index is 618. The summed E-state index contributed by atoms with van der Waals surface area (Å²) in [6, 6.07) is 4.00. The Morgan fingerprint density at radius 2 is 2.20 bits per heavy atom. The van der Waals surface area contributed by atoms with Crippen LogP contribution in [-0.4, -0.2) is 37.9 Å².